The summed E-state index contributed by atoms with van der Waals surface area (Å²) in [5.74, 6) is 2.41. The lowest BCUT2D eigenvalue weighted by molar-refractivity contribution is 0.281. The minimum atomic E-state index is 0.671. The number of rotatable bonds is 3. The van der Waals surface area contributed by atoms with E-state index in [-0.39, 0.29) is 0 Å². The summed E-state index contributed by atoms with van der Waals surface area (Å²) in [5, 5.41) is 4.58. The molecule has 0 aliphatic heterocycles. The van der Waals surface area contributed by atoms with E-state index in [0.29, 0.717) is 5.92 Å². The van der Waals surface area contributed by atoms with Crippen molar-refractivity contribution in [1.82, 2.24) is 9.78 Å². The summed E-state index contributed by atoms with van der Waals surface area (Å²) >= 11 is 0. The van der Waals surface area contributed by atoms with Crippen molar-refractivity contribution in [3.63, 3.8) is 0 Å². The van der Waals surface area contributed by atoms with Crippen molar-refractivity contribution in [2.45, 2.75) is 45.4 Å². The van der Waals surface area contributed by atoms with Gasteiger partial charge in [-0.3, -0.25) is 4.68 Å². The van der Waals surface area contributed by atoms with Gasteiger partial charge in [-0.2, -0.15) is 5.10 Å². The van der Waals surface area contributed by atoms with Gasteiger partial charge in [0.2, 0.25) is 0 Å². The normalized spacial score (nSPS) is 25.3. The molecule has 2 N–H and O–H groups in total. The highest BCUT2D eigenvalue weighted by Crippen LogP contribution is 2.42. The maximum absolute atomic E-state index is 6.04. The van der Waals surface area contributed by atoms with Crippen LogP contribution in [0.3, 0.4) is 0 Å². The van der Waals surface area contributed by atoms with Crippen LogP contribution < -0.4 is 5.73 Å². The second kappa shape index (κ2) is 3.87. The van der Waals surface area contributed by atoms with Crippen molar-refractivity contribution in [2.75, 3.05) is 5.73 Å². The number of anilines is 1. The largest absolute Gasteiger partial charge is 0.384 e. The van der Waals surface area contributed by atoms with E-state index in [9.17, 15) is 0 Å². The average molecular weight is 207 g/mol. The van der Waals surface area contributed by atoms with Crippen molar-refractivity contribution < 1.29 is 0 Å². The van der Waals surface area contributed by atoms with E-state index in [2.05, 4.69) is 18.9 Å². The molecule has 1 aliphatic carbocycles. The monoisotopic (exact) mass is 207 g/mol. The van der Waals surface area contributed by atoms with Crippen molar-refractivity contribution in [1.29, 1.82) is 0 Å². The predicted octanol–water partition coefficient (Wildman–Crippen LogP) is 2.47. The maximum Gasteiger partial charge on any atom is 0.124 e. The number of nitrogens with two attached hydrogens (primary N) is 1. The summed E-state index contributed by atoms with van der Waals surface area (Å²) in [4.78, 5) is 0. The Morgan fingerprint density at radius 2 is 2.13 bits per heavy atom. The van der Waals surface area contributed by atoms with E-state index in [1.807, 2.05) is 11.7 Å². The third kappa shape index (κ3) is 1.75. The van der Waals surface area contributed by atoms with Crippen molar-refractivity contribution in [2.24, 2.45) is 13.0 Å². The van der Waals surface area contributed by atoms with E-state index >= 15 is 0 Å². The molecule has 1 aromatic heterocycles. The lowest BCUT2D eigenvalue weighted by Crippen LogP contribution is -2.20. The predicted molar refractivity (Wildman–Crippen MR) is 62.8 cm³/mol. The van der Waals surface area contributed by atoms with Crippen LogP contribution in [0.25, 0.3) is 0 Å². The molecular weight excluding hydrogens is 186 g/mol. The number of nitrogen functional groups attached to an aromatic ring is 1. The van der Waals surface area contributed by atoms with Crippen LogP contribution >= 0.6 is 0 Å². The lowest BCUT2D eigenvalue weighted by Gasteiger charge is -2.32. The zero-order valence-corrected chi connectivity index (χ0v) is 9.95. The van der Waals surface area contributed by atoms with Gasteiger partial charge in [-0.25, -0.2) is 0 Å². The fourth-order valence-electron chi connectivity index (χ4n) is 2.56. The zero-order chi connectivity index (χ0) is 11.0. The summed E-state index contributed by atoms with van der Waals surface area (Å²) in [6, 6.07) is 0. The molecule has 1 aromatic rings. The third-order valence-corrected chi connectivity index (χ3v) is 3.49. The molecule has 0 unspecified atom stereocenters. The highest BCUT2D eigenvalue weighted by atomic mass is 15.3. The van der Waals surface area contributed by atoms with Gasteiger partial charge in [0, 0.05) is 18.5 Å². The molecule has 0 radical (unpaired) electrons. The van der Waals surface area contributed by atoms with Gasteiger partial charge >= 0.3 is 0 Å². The Kier molecular flexibility index (Phi) is 2.72. The first-order valence-electron chi connectivity index (χ1n) is 5.94. The molecule has 1 heterocycles. The molecule has 0 aromatic carbocycles. The van der Waals surface area contributed by atoms with Crippen molar-refractivity contribution in [3.8, 4) is 0 Å². The van der Waals surface area contributed by atoms with Gasteiger partial charge in [0.25, 0.3) is 0 Å². The second-order valence-corrected chi connectivity index (χ2v) is 4.90. The van der Waals surface area contributed by atoms with Crippen LogP contribution in [0.4, 0.5) is 5.82 Å². The Morgan fingerprint density at radius 1 is 1.47 bits per heavy atom. The summed E-state index contributed by atoms with van der Waals surface area (Å²) in [6.45, 7) is 4.50. The molecule has 0 spiro atoms. The highest BCUT2D eigenvalue weighted by Gasteiger charge is 2.31. The average Bonchev–Trinajstić information content (AvgIpc) is 2.42. The third-order valence-electron chi connectivity index (χ3n) is 3.49. The fraction of sp³-hybridized carbons (Fsp3) is 0.750. The smallest absolute Gasteiger partial charge is 0.124 e. The van der Waals surface area contributed by atoms with Crippen LogP contribution in [0.5, 0.6) is 0 Å². The Hall–Kier alpha value is -0.990. The van der Waals surface area contributed by atoms with Crippen LogP contribution in [0.2, 0.25) is 0 Å². The van der Waals surface area contributed by atoms with Crippen LogP contribution in [0.1, 0.15) is 50.3 Å². The van der Waals surface area contributed by atoms with Gasteiger partial charge in [-0.1, -0.05) is 20.3 Å². The Balaban J connectivity index is 2.25. The lowest BCUT2D eigenvalue weighted by atomic mass is 9.73. The number of hydrogen-bond donors (Lipinski definition) is 1. The van der Waals surface area contributed by atoms with E-state index in [0.717, 1.165) is 24.6 Å². The number of hydrogen-bond acceptors (Lipinski definition) is 2. The molecule has 0 atom stereocenters. The van der Waals surface area contributed by atoms with Gasteiger partial charge in [0.1, 0.15) is 5.82 Å². The molecule has 2 rings (SSSR count). The molecule has 0 bridgehead atoms. The fourth-order valence-corrected chi connectivity index (χ4v) is 2.56. The van der Waals surface area contributed by atoms with E-state index < -0.39 is 0 Å². The van der Waals surface area contributed by atoms with Gasteiger partial charge in [-0.15, -0.1) is 0 Å². The van der Waals surface area contributed by atoms with Gasteiger partial charge in [-0.05, 0) is 25.2 Å². The highest BCUT2D eigenvalue weighted by molar-refractivity contribution is 5.45. The van der Waals surface area contributed by atoms with Crippen molar-refractivity contribution >= 4 is 5.82 Å². The molecule has 15 heavy (non-hydrogen) atoms. The summed E-state index contributed by atoms with van der Waals surface area (Å²) in [5.41, 5.74) is 8.62. The number of aryl methyl sites for hydroxylation is 1. The quantitative estimate of drug-likeness (QED) is 0.827. The Labute approximate surface area is 91.7 Å². The summed E-state index contributed by atoms with van der Waals surface area (Å²) in [6.07, 6.45) is 4.78. The maximum atomic E-state index is 6.04. The van der Waals surface area contributed by atoms with Crippen LogP contribution in [0, 0.1) is 5.92 Å². The topological polar surface area (TPSA) is 43.8 Å². The van der Waals surface area contributed by atoms with Gasteiger partial charge in [0.05, 0.1) is 5.69 Å². The Bertz CT molecular complexity index is 348. The zero-order valence-electron chi connectivity index (χ0n) is 9.95. The number of aromatic nitrogens is 2. The molecular formula is C12H21N3. The van der Waals surface area contributed by atoms with Crippen LogP contribution in [-0.2, 0) is 13.5 Å². The van der Waals surface area contributed by atoms with Crippen molar-refractivity contribution in [3.05, 3.63) is 11.3 Å². The first-order chi connectivity index (χ1) is 7.13. The van der Waals surface area contributed by atoms with E-state index in [4.69, 9.17) is 5.73 Å². The molecule has 0 amide bonds. The molecule has 1 fully saturated rings. The molecule has 1 saturated carbocycles. The standard InChI is InChI=1S/C12H21N3/c1-4-5-10-11(9-6-8(2)7-9)14-15(3)12(10)13/h8-9H,4-7,13H2,1-3H3. The summed E-state index contributed by atoms with van der Waals surface area (Å²) in [7, 11) is 1.94. The molecule has 1 aliphatic rings. The first-order valence-corrected chi connectivity index (χ1v) is 5.94. The Morgan fingerprint density at radius 3 is 2.67 bits per heavy atom. The van der Waals surface area contributed by atoms with E-state index in [1.54, 1.807) is 0 Å². The van der Waals surface area contributed by atoms with E-state index in [1.165, 1.54) is 24.1 Å². The van der Waals surface area contributed by atoms with Crippen LogP contribution in [-0.4, -0.2) is 9.78 Å². The molecule has 3 heteroatoms. The minimum absolute atomic E-state index is 0.671. The van der Waals surface area contributed by atoms with Gasteiger partial charge in [0.15, 0.2) is 0 Å². The molecule has 3 nitrogen and oxygen atoms in total. The van der Waals surface area contributed by atoms with Crippen LogP contribution in [0.15, 0.2) is 0 Å². The summed E-state index contributed by atoms with van der Waals surface area (Å²) < 4.78 is 1.84. The minimum Gasteiger partial charge on any atom is -0.384 e. The second-order valence-electron chi connectivity index (χ2n) is 4.90. The molecule has 0 saturated heterocycles. The first kappa shape index (κ1) is 10.5. The van der Waals surface area contributed by atoms with Gasteiger partial charge < -0.3 is 5.73 Å². The molecule has 84 valence electrons. The SMILES string of the molecule is CCCc1c(C2CC(C)C2)nn(C)c1N. The number of nitrogens with zero attached hydrogens (tertiary/aromatic N) is 2.